The van der Waals surface area contributed by atoms with Gasteiger partial charge in [-0.15, -0.1) is 0 Å². The molecule has 1 aromatic rings. The molecule has 1 aliphatic rings. The molecule has 1 N–H and O–H groups in total. The summed E-state index contributed by atoms with van der Waals surface area (Å²) in [5, 5.41) is 13.7. The normalized spacial score (nSPS) is 21.8. The van der Waals surface area contributed by atoms with Crippen LogP contribution >= 0.6 is 0 Å². The molecule has 1 aromatic heterocycles. The SMILES string of the molecule is CCc1cc(CN2CCC[C@H]2CO)n(C)n1. The maximum absolute atomic E-state index is 9.27. The van der Waals surface area contributed by atoms with Crippen LogP contribution in [0.1, 0.15) is 31.2 Å². The molecule has 16 heavy (non-hydrogen) atoms. The van der Waals surface area contributed by atoms with Crippen LogP contribution in [-0.4, -0.2) is 39.0 Å². The summed E-state index contributed by atoms with van der Waals surface area (Å²) in [5.41, 5.74) is 2.40. The monoisotopic (exact) mass is 223 g/mol. The van der Waals surface area contributed by atoms with E-state index in [1.54, 1.807) is 0 Å². The van der Waals surface area contributed by atoms with Crippen LogP contribution in [0.3, 0.4) is 0 Å². The fourth-order valence-electron chi connectivity index (χ4n) is 2.41. The number of aryl methyl sites for hydroxylation is 2. The first-order valence-corrected chi connectivity index (χ1v) is 6.11. The van der Waals surface area contributed by atoms with Crippen molar-refractivity contribution in [3.8, 4) is 0 Å². The molecule has 0 amide bonds. The summed E-state index contributed by atoms with van der Waals surface area (Å²) in [6.07, 6.45) is 3.30. The Morgan fingerprint density at radius 2 is 2.38 bits per heavy atom. The largest absolute Gasteiger partial charge is 0.395 e. The molecule has 4 heteroatoms. The summed E-state index contributed by atoms with van der Waals surface area (Å²) in [4.78, 5) is 2.36. The summed E-state index contributed by atoms with van der Waals surface area (Å²) in [6, 6.07) is 2.52. The summed E-state index contributed by atoms with van der Waals surface area (Å²) in [7, 11) is 2.00. The van der Waals surface area contributed by atoms with Crippen molar-refractivity contribution < 1.29 is 5.11 Å². The molecule has 0 spiro atoms. The lowest BCUT2D eigenvalue weighted by Gasteiger charge is -2.22. The molecule has 2 heterocycles. The van der Waals surface area contributed by atoms with Crippen molar-refractivity contribution >= 4 is 0 Å². The minimum absolute atomic E-state index is 0.276. The van der Waals surface area contributed by atoms with E-state index in [0.29, 0.717) is 6.04 Å². The molecule has 0 aliphatic carbocycles. The van der Waals surface area contributed by atoms with Crippen molar-refractivity contribution in [3.63, 3.8) is 0 Å². The predicted octanol–water partition coefficient (Wildman–Crippen LogP) is 0.939. The first kappa shape index (κ1) is 11.6. The number of aliphatic hydroxyl groups is 1. The van der Waals surface area contributed by atoms with Gasteiger partial charge in [0.15, 0.2) is 0 Å². The second-order valence-electron chi connectivity index (χ2n) is 4.55. The number of nitrogens with zero attached hydrogens (tertiary/aromatic N) is 3. The van der Waals surface area contributed by atoms with Gasteiger partial charge in [-0.3, -0.25) is 9.58 Å². The van der Waals surface area contributed by atoms with Crippen LogP contribution in [0, 0.1) is 0 Å². The highest BCUT2D eigenvalue weighted by Gasteiger charge is 2.24. The zero-order valence-electron chi connectivity index (χ0n) is 10.2. The van der Waals surface area contributed by atoms with Crippen LogP contribution in [-0.2, 0) is 20.0 Å². The average molecular weight is 223 g/mol. The van der Waals surface area contributed by atoms with Crippen LogP contribution in [0.2, 0.25) is 0 Å². The molecule has 1 aliphatic heterocycles. The zero-order valence-corrected chi connectivity index (χ0v) is 10.2. The minimum atomic E-state index is 0.276. The maximum Gasteiger partial charge on any atom is 0.0625 e. The van der Waals surface area contributed by atoms with Gasteiger partial charge in [0.2, 0.25) is 0 Å². The Hall–Kier alpha value is -0.870. The summed E-state index contributed by atoms with van der Waals surface area (Å²) in [5.74, 6) is 0. The van der Waals surface area contributed by atoms with Gasteiger partial charge in [0.25, 0.3) is 0 Å². The van der Waals surface area contributed by atoms with Gasteiger partial charge >= 0.3 is 0 Å². The zero-order chi connectivity index (χ0) is 11.5. The van der Waals surface area contributed by atoms with Gasteiger partial charge in [-0.05, 0) is 31.9 Å². The predicted molar refractivity (Wildman–Crippen MR) is 63.1 cm³/mol. The van der Waals surface area contributed by atoms with Crippen LogP contribution in [0.25, 0.3) is 0 Å². The van der Waals surface area contributed by atoms with E-state index in [1.807, 2.05) is 11.7 Å². The van der Waals surface area contributed by atoms with E-state index < -0.39 is 0 Å². The van der Waals surface area contributed by atoms with E-state index in [1.165, 1.54) is 12.1 Å². The lowest BCUT2D eigenvalue weighted by atomic mass is 10.2. The summed E-state index contributed by atoms with van der Waals surface area (Å²) >= 11 is 0. The van der Waals surface area contributed by atoms with Gasteiger partial charge in [-0.25, -0.2) is 0 Å². The molecular formula is C12H21N3O. The quantitative estimate of drug-likeness (QED) is 0.826. The van der Waals surface area contributed by atoms with Crippen LogP contribution < -0.4 is 0 Å². The van der Waals surface area contributed by atoms with Crippen LogP contribution in [0.15, 0.2) is 6.07 Å². The highest BCUT2D eigenvalue weighted by atomic mass is 16.3. The third kappa shape index (κ3) is 2.28. The molecule has 1 saturated heterocycles. The number of likely N-dealkylation sites (tertiary alicyclic amines) is 1. The fraction of sp³-hybridized carbons (Fsp3) is 0.750. The smallest absolute Gasteiger partial charge is 0.0625 e. The van der Waals surface area contributed by atoms with Crippen molar-refractivity contribution in [1.82, 2.24) is 14.7 Å². The Labute approximate surface area is 96.9 Å². The first-order valence-electron chi connectivity index (χ1n) is 6.11. The van der Waals surface area contributed by atoms with Gasteiger partial charge in [-0.2, -0.15) is 5.10 Å². The van der Waals surface area contributed by atoms with Gasteiger partial charge in [0.05, 0.1) is 18.0 Å². The van der Waals surface area contributed by atoms with E-state index in [2.05, 4.69) is 23.0 Å². The lowest BCUT2D eigenvalue weighted by molar-refractivity contribution is 0.151. The minimum Gasteiger partial charge on any atom is -0.395 e. The van der Waals surface area contributed by atoms with E-state index in [9.17, 15) is 5.11 Å². The van der Waals surface area contributed by atoms with E-state index >= 15 is 0 Å². The van der Waals surface area contributed by atoms with Gasteiger partial charge in [0, 0.05) is 19.6 Å². The number of aliphatic hydroxyl groups excluding tert-OH is 1. The Bertz CT molecular complexity index is 348. The van der Waals surface area contributed by atoms with Crippen molar-refractivity contribution in [2.24, 2.45) is 7.05 Å². The molecule has 0 radical (unpaired) electrons. The molecule has 1 fully saturated rings. The Morgan fingerprint density at radius 3 is 3.00 bits per heavy atom. The molecule has 90 valence electrons. The lowest BCUT2D eigenvalue weighted by Crippen LogP contribution is -2.32. The van der Waals surface area contributed by atoms with E-state index in [0.717, 1.165) is 31.6 Å². The van der Waals surface area contributed by atoms with Crippen molar-refractivity contribution in [2.75, 3.05) is 13.2 Å². The highest BCUT2D eigenvalue weighted by Crippen LogP contribution is 2.19. The van der Waals surface area contributed by atoms with Gasteiger partial charge in [-0.1, -0.05) is 6.92 Å². The summed E-state index contributed by atoms with van der Waals surface area (Å²) < 4.78 is 1.96. The van der Waals surface area contributed by atoms with Gasteiger partial charge in [0.1, 0.15) is 0 Å². The number of hydrogen-bond acceptors (Lipinski definition) is 3. The number of rotatable bonds is 4. The standard InChI is InChI=1S/C12H21N3O/c1-3-10-7-12(14(2)13-10)8-15-6-4-5-11(15)9-16/h7,11,16H,3-6,8-9H2,1-2H3/t11-/m0/s1. The first-order chi connectivity index (χ1) is 7.74. The van der Waals surface area contributed by atoms with Crippen LogP contribution in [0.5, 0.6) is 0 Å². The van der Waals surface area contributed by atoms with Crippen molar-refractivity contribution in [2.45, 2.75) is 38.8 Å². The Morgan fingerprint density at radius 1 is 1.56 bits per heavy atom. The molecule has 0 unspecified atom stereocenters. The third-order valence-corrected chi connectivity index (χ3v) is 3.46. The van der Waals surface area contributed by atoms with Crippen LogP contribution in [0.4, 0.5) is 0 Å². The molecule has 0 aromatic carbocycles. The molecule has 2 rings (SSSR count). The second-order valence-corrected chi connectivity index (χ2v) is 4.55. The molecular weight excluding hydrogens is 202 g/mol. The van der Waals surface area contributed by atoms with Crippen molar-refractivity contribution in [3.05, 3.63) is 17.5 Å². The van der Waals surface area contributed by atoms with Gasteiger partial charge < -0.3 is 5.11 Å². The molecule has 4 nitrogen and oxygen atoms in total. The third-order valence-electron chi connectivity index (χ3n) is 3.46. The molecule has 0 bridgehead atoms. The average Bonchev–Trinajstić information content (AvgIpc) is 2.86. The fourth-order valence-corrected chi connectivity index (χ4v) is 2.41. The number of hydrogen-bond donors (Lipinski definition) is 1. The Balaban J connectivity index is 2.05. The van der Waals surface area contributed by atoms with Crippen molar-refractivity contribution in [1.29, 1.82) is 0 Å². The topological polar surface area (TPSA) is 41.3 Å². The highest BCUT2D eigenvalue weighted by molar-refractivity contribution is 5.10. The molecule has 0 saturated carbocycles. The van der Waals surface area contributed by atoms with E-state index in [4.69, 9.17) is 0 Å². The second kappa shape index (κ2) is 4.97. The summed E-state index contributed by atoms with van der Waals surface area (Å²) in [6.45, 7) is 4.41. The molecule has 1 atom stereocenters. The Kier molecular flexibility index (Phi) is 3.61. The van der Waals surface area contributed by atoms with E-state index in [-0.39, 0.29) is 6.61 Å². The maximum atomic E-state index is 9.27. The number of aromatic nitrogens is 2.